The quantitative estimate of drug-likeness (QED) is 0.902. The second-order valence-electron chi connectivity index (χ2n) is 5.71. The second kappa shape index (κ2) is 6.99. The zero-order chi connectivity index (χ0) is 16.4. The minimum atomic E-state index is -0.304. The summed E-state index contributed by atoms with van der Waals surface area (Å²) in [6, 6.07) is 7.55. The molecule has 4 nitrogen and oxygen atoms in total. The van der Waals surface area contributed by atoms with Crippen molar-refractivity contribution in [1.82, 2.24) is 10.3 Å². The number of rotatable bonds is 4. The maximum atomic E-state index is 12.2. The maximum absolute atomic E-state index is 12.2. The van der Waals surface area contributed by atoms with E-state index in [9.17, 15) is 4.79 Å². The summed E-state index contributed by atoms with van der Waals surface area (Å²) in [6.07, 6.45) is 1.45. The first-order valence-electron chi connectivity index (χ1n) is 7.70. The summed E-state index contributed by atoms with van der Waals surface area (Å²) in [5, 5.41) is 4.68. The van der Waals surface area contributed by atoms with Crippen LogP contribution in [0, 0.1) is 6.92 Å². The van der Waals surface area contributed by atoms with Crippen molar-refractivity contribution in [1.29, 1.82) is 0 Å². The highest BCUT2D eigenvalue weighted by Gasteiger charge is 2.26. The zero-order valence-electron chi connectivity index (χ0n) is 13.1. The molecule has 23 heavy (non-hydrogen) atoms. The van der Waals surface area contributed by atoms with Crippen molar-refractivity contribution in [2.75, 3.05) is 6.61 Å². The summed E-state index contributed by atoms with van der Waals surface area (Å²) >= 11 is 7.53. The molecule has 0 bridgehead atoms. The molecule has 2 heterocycles. The molecule has 1 aromatic carbocycles. The van der Waals surface area contributed by atoms with Gasteiger partial charge >= 0.3 is 0 Å². The predicted octanol–water partition coefficient (Wildman–Crippen LogP) is 4.13. The summed E-state index contributed by atoms with van der Waals surface area (Å²) in [5.41, 5.74) is 1.98. The van der Waals surface area contributed by atoms with Crippen LogP contribution in [-0.4, -0.2) is 23.6 Å². The van der Waals surface area contributed by atoms with Crippen molar-refractivity contribution in [3.8, 4) is 10.6 Å². The number of hydrogen-bond donors (Lipinski definition) is 1. The van der Waals surface area contributed by atoms with Crippen molar-refractivity contribution in [2.45, 2.75) is 38.8 Å². The monoisotopic (exact) mass is 350 g/mol. The molecule has 2 atom stereocenters. The Morgan fingerprint density at radius 2 is 2.17 bits per heavy atom. The summed E-state index contributed by atoms with van der Waals surface area (Å²) in [6.45, 7) is 4.63. The Balaban J connectivity index is 1.74. The molecule has 1 aliphatic rings. The Hall–Kier alpha value is -1.43. The average Bonchev–Trinajstić information content (AvgIpc) is 3.17. The lowest BCUT2D eigenvalue weighted by Gasteiger charge is -2.16. The van der Waals surface area contributed by atoms with E-state index in [1.54, 1.807) is 11.3 Å². The molecular formula is C17H19ClN2O2S. The van der Waals surface area contributed by atoms with Gasteiger partial charge in [0.05, 0.1) is 16.6 Å². The summed E-state index contributed by atoms with van der Waals surface area (Å²) in [4.78, 5) is 17.9. The number of aryl methyl sites for hydroxylation is 1. The predicted molar refractivity (Wildman–Crippen MR) is 92.8 cm³/mol. The molecule has 1 amide bonds. The molecule has 122 valence electrons. The highest BCUT2D eigenvalue weighted by molar-refractivity contribution is 7.15. The van der Waals surface area contributed by atoms with Gasteiger partial charge in [-0.3, -0.25) is 4.79 Å². The van der Waals surface area contributed by atoms with Crippen LogP contribution in [0.4, 0.5) is 0 Å². The molecule has 1 N–H and O–H groups in total. The largest absolute Gasteiger partial charge is 0.368 e. The highest BCUT2D eigenvalue weighted by atomic mass is 35.5. The van der Waals surface area contributed by atoms with Gasteiger partial charge in [0.25, 0.3) is 0 Å². The standard InChI is InChI=1S/C17H19ClN2O2S/c1-10(19-16(21)14-4-3-9-22-14)15-11(2)20-17(23-15)12-5-7-13(18)8-6-12/h5-8,10,14H,3-4,9H2,1-2H3,(H,19,21)/t10?,14-/m1/s1. The number of carbonyl (C=O) groups excluding carboxylic acids is 1. The van der Waals surface area contributed by atoms with E-state index in [2.05, 4.69) is 10.3 Å². The van der Waals surface area contributed by atoms with Crippen LogP contribution in [0.15, 0.2) is 24.3 Å². The van der Waals surface area contributed by atoms with Crippen LogP contribution in [0.5, 0.6) is 0 Å². The Labute approximate surface area is 144 Å². The average molecular weight is 351 g/mol. The maximum Gasteiger partial charge on any atom is 0.249 e. The smallest absolute Gasteiger partial charge is 0.249 e. The number of thiazole rings is 1. The summed E-state index contributed by atoms with van der Waals surface area (Å²) in [5.74, 6) is -0.0316. The lowest BCUT2D eigenvalue weighted by atomic mass is 10.2. The van der Waals surface area contributed by atoms with E-state index >= 15 is 0 Å². The van der Waals surface area contributed by atoms with E-state index in [0.29, 0.717) is 11.6 Å². The van der Waals surface area contributed by atoms with Crippen molar-refractivity contribution in [3.63, 3.8) is 0 Å². The van der Waals surface area contributed by atoms with Gasteiger partial charge in [0.1, 0.15) is 11.1 Å². The number of carbonyl (C=O) groups is 1. The van der Waals surface area contributed by atoms with Gasteiger partial charge in [0, 0.05) is 17.2 Å². The summed E-state index contributed by atoms with van der Waals surface area (Å²) in [7, 11) is 0. The molecule has 1 unspecified atom stereocenters. The van der Waals surface area contributed by atoms with E-state index in [4.69, 9.17) is 16.3 Å². The summed E-state index contributed by atoms with van der Waals surface area (Å²) < 4.78 is 5.43. The molecular weight excluding hydrogens is 332 g/mol. The van der Waals surface area contributed by atoms with Crippen LogP contribution >= 0.6 is 22.9 Å². The zero-order valence-corrected chi connectivity index (χ0v) is 14.7. The number of ether oxygens (including phenoxy) is 1. The fourth-order valence-corrected chi connectivity index (χ4v) is 3.88. The van der Waals surface area contributed by atoms with Gasteiger partial charge in [-0.05, 0) is 38.8 Å². The Morgan fingerprint density at radius 3 is 2.83 bits per heavy atom. The van der Waals surface area contributed by atoms with E-state index in [1.165, 1.54) is 0 Å². The molecule has 1 saturated heterocycles. The normalized spacial score (nSPS) is 18.8. The van der Waals surface area contributed by atoms with Gasteiger partial charge in [-0.15, -0.1) is 11.3 Å². The number of nitrogens with zero attached hydrogens (tertiary/aromatic N) is 1. The Morgan fingerprint density at radius 1 is 1.43 bits per heavy atom. The number of aromatic nitrogens is 1. The number of halogens is 1. The highest BCUT2D eigenvalue weighted by Crippen LogP contribution is 2.32. The van der Waals surface area contributed by atoms with E-state index in [-0.39, 0.29) is 18.1 Å². The van der Waals surface area contributed by atoms with Crippen molar-refractivity contribution in [2.24, 2.45) is 0 Å². The first-order chi connectivity index (χ1) is 11.0. The van der Waals surface area contributed by atoms with Gasteiger partial charge in [-0.2, -0.15) is 0 Å². The van der Waals surface area contributed by atoms with Gasteiger partial charge in [0.2, 0.25) is 5.91 Å². The topological polar surface area (TPSA) is 51.2 Å². The molecule has 0 spiro atoms. The third kappa shape index (κ3) is 3.74. The van der Waals surface area contributed by atoms with Gasteiger partial charge in [-0.1, -0.05) is 23.7 Å². The first kappa shape index (κ1) is 16.4. The number of benzene rings is 1. The molecule has 1 aliphatic heterocycles. The SMILES string of the molecule is Cc1nc(-c2ccc(Cl)cc2)sc1C(C)NC(=O)[C@H]1CCCO1. The number of nitrogens with one attached hydrogen (secondary N) is 1. The van der Waals surface area contributed by atoms with Gasteiger partial charge in [0.15, 0.2) is 0 Å². The van der Waals surface area contributed by atoms with Crippen LogP contribution in [0.25, 0.3) is 10.6 Å². The minimum Gasteiger partial charge on any atom is -0.368 e. The molecule has 0 aliphatic carbocycles. The lowest BCUT2D eigenvalue weighted by molar-refractivity contribution is -0.130. The van der Waals surface area contributed by atoms with Crippen LogP contribution in [0.1, 0.15) is 36.4 Å². The Bertz CT molecular complexity index is 693. The van der Waals surface area contributed by atoms with Crippen molar-refractivity contribution in [3.05, 3.63) is 39.9 Å². The molecule has 0 saturated carbocycles. The van der Waals surface area contributed by atoms with Crippen LogP contribution < -0.4 is 5.32 Å². The third-order valence-corrected chi connectivity index (χ3v) is 5.54. The Kier molecular flexibility index (Phi) is 4.99. The molecule has 1 aromatic heterocycles. The first-order valence-corrected chi connectivity index (χ1v) is 8.89. The van der Waals surface area contributed by atoms with Crippen LogP contribution in [0.2, 0.25) is 5.02 Å². The minimum absolute atomic E-state index is 0.0316. The van der Waals surface area contributed by atoms with E-state index in [0.717, 1.165) is 34.0 Å². The van der Waals surface area contributed by atoms with E-state index < -0.39 is 0 Å². The van der Waals surface area contributed by atoms with Gasteiger partial charge < -0.3 is 10.1 Å². The van der Waals surface area contributed by atoms with Crippen molar-refractivity contribution >= 4 is 28.8 Å². The van der Waals surface area contributed by atoms with Crippen LogP contribution in [0.3, 0.4) is 0 Å². The van der Waals surface area contributed by atoms with Crippen molar-refractivity contribution < 1.29 is 9.53 Å². The molecule has 1 fully saturated rings. The fourth-order valence-electron chi connectivity index (χ4n) is 2.68. The van der Waals surface area contributed by atoms with Crippen LogP contribution in [-0.2, 0) is 9.53 Å². The molecule has 6 heteroatoms. The molecule has 3 rings (SSSR count). The lowest BCUT2D eigenvalue weighted by Crippen LogP contribution is -2.35. The number of amides is 1. The third-order valence-electron chi connectivity index (χ3n) is 3.90. The number of hydrogen-bond acceptors (Lipinski definition) is 4. The fraction of sp³-hybridized carbons (Fsp3) is 0.412. The molecule has 0 radical (unpaired) electrons. The molecule has 2 aromatic rings. The van der Waals surface area contributed by atoms with Gasteiger partial charge in [-0.25, -0.2) is 4.98 Å². The second-order valence-corrected chi connectivity index (χ2v) is 7.17. The van der Waals surface area contributed by atoms with E-state index in [1.807, 2.05) is 38.1 Å².